The Morgan fingerprint density at radius 3 is 2.11 bits per heavy atom. The van der Waals surface area contributed by atoms with Crippen LogP contribution in [0, 0.1) is 5.82 Å². The molecule has 0 aliphatic rings. The molecule has 1 aromatic carbocycles. The second kappa shape index (κ2) is 4.98. The highest BCUT2D eigenvalue weighted by Crippen LogP contribution is 2.30. The van der Waals surface area contributed by atoms with Gasteiger partial charge in [0.15, 0.2) is 0 Å². The molecule has 3 aromatic rings. The zero-order valence-corrected chi connectivity index (χ0v) is 10.1. The van der Waals surface area contributed by atoms with Gasteiger partial charge in [-0.1, -0.05) is 24.3 Å². The van der Waals surface area contributed by atoms with Crippen LogP contribution in [0.5, 0.6) is 0 Å². The molecule has 0 aliphatic heterocycles. The maximum absolute atomic E-state index is 14.6. The van der Waals surface area contributed by atoms with Gasteiger partial charge in [-0.25, -0.2) is 4.39 Å². The number of benzene rings is 1. The van der Waals surface area contributed by atoms with Crippen molar-refractivity contribution in [1.82, 2.24) is 9.97 Å². The second-order valence-corrected chi connectivity index (χ2v) is 4.14. The summed E-state index contributed by atoms with van der Waals surface area (Å²) in [5, 5.41) is 0. The van der Waals surface area contributed by atoms with Gasteiger partial charge >= 0.3 is 0 Å². The fourth-order valence-corrected chi connectivity index (χ4v) is 2.03. The van der Waals surface area contributed by atoms with Crippen LogP contribution in [-0.2, 0) is 0 Å². The van der Waals surface area contributed by atoms with Crippen molar-refractivity contribution >= 4 is 0 Å². The summed E-state index contributed by atoms with van der Waals surface area (Å²) in [4.78, 5) is 7.98. The first-order chi connectivity index (χ1) is 9.36. The van der Waals surface area contributed by atoms with Crippen molar-refractivity contribution < 1.29 is 4.39 Å². The predicted molar refractivity (Wildman–Crippen MR) is 72.9 cm³/mol. The molecule has 3 rings (SSSR count). The molecule has 0 unspecified atom stereocenters. The van der Waals surface area contributed by atoms with Crippen LogP contribution in [0.2, 0.25) is 0 Å². The number of hydrogen-bond donors (Lipinski definition) is 0. The number of halogens is 1. The molecule has 0 saturated heterocycles. The average Bonchev–Trinajstić information content (AvgIpc) is 2.49. The zero-order chi connectivity index (χ0) is 13.1. The first-order valence-electron chi connectivity index (χ1n) is 5.95. The second-order valence-electron chi connectivity index (χ2n) is 4.14. The summed E-state index contributed by atoms with van der Waals surface area (Å²) < 4.78 is 14.6. The summed E-state index contributed by atoms with van der Waals surface area (Å²) in [6, 6.07) is 12.6. The lowest BCUT2D eigenvalue weighted by molar-refractivity contribution is 0.634. The Morgan fingerprint density at radius 2 is 1.42 bits per heavy atom. The summed E-state index contributed by atoms with van der Waals surface area (Å²) in [6.07, 6.45) is 6.65. The molecule has 2 nitrogen and oxygen atoms in total. The van der Waals surface area contributed by atoms with Gasteiger partial charge < -0.3 is 0 Å². The molecule has 19 heavy (non-hydrogen) atoms. The lowest BCUT2D eigenvalue weighted by Crippen LogP contribution is -1.90. The number of hydrogen-bond acceptors (Lipinski definition) is 2. The van der Waals surface area contributed by atoms with Crippen molar-refractivity contribution in [2.24, 2.45) is 0 Å². The minimum atomic E-state index is -0.235. The Balaban J connectivity index is 2.15. The topological polar surface area (TPSA) is 25.8 Å². The summed E-state index contributed by atoms with van der Waals surface area (Å²) >= 11 is 0. The zero-order valence-electron chi connectivity index (χ0n) is 10.1. The molecule has 0 radical (unpaired) electrons. The van der Waals surface area contributed by atoms with Crippen LogP contribution in [0.1, 0.15) is 0 Å². The maximum atomic E-state index is 14.6. The predicted octanol–water partition coefficient (Wildman–Crippen LogP) is 3.95. The molecule has 2 aromatic heterocycles. The van der Waals surface area contributed by atoms with Gasteiger partial charge in [-0.3, -0.25) is 9.97 Å². The maximum Gasteiger partial charge on any atom is 0.138 e. The van der Waals surface area contributed by atoms with Crippen LogP contribution in [0.15, 0.2) is 67.3 Å². The number of rotatable bonds is 2. The van der Waals surface area contributed by atoms with E-state index in [0.717, 1.165) is 11.1 Å². The average molecular weight is 250 g/mol. The largest absolute Gasteiger partial charge is 0.265 e. The molecular formula is C16H11FN2. The minimum absolute atomic E-state index is 0.235. The Bertz CT molecular complexity index is 624. The van der Waals surface area contributed by atoms with Gasteiger partial charge in [-0.2, -0.15) is 0 Å². The van der Waals surface area contributed by atoms with Crippen LogP contribution in [-0.4, -0.2) is 9.97 Å². The Morgan fingerprint density at radius 1 is 0.684 bits per heavy atom. The van der Waals surface area contributed by atoms with Gasteiger partial charge in [0.1, 0.15) is 5.82 Å². The minimum Gasteiger partial charge on any atom is -0.265 e. The van der Waals surface area contributed by atoms with Gasteiger partial charge in [-0.15, -0.1) is 0 Å². The van der Waals surface area contributed by atoms with Crippen LogP contribution < -0.4 is 0 Å². The summed E-state index contributed by atoms with van der Waals surface area (Å²) in [5.41, 5.74) is 2.72. The van der Waals surface area contributed by atoms with E-state index in [-0.39, 0.29) is 5.82 Å². The van der Waals surface area contributed by atoms with Gasteiger partial charge in [0, 0.05) is 41.5 Å². The molecule has 0 atom stereocenters. The monoisotopic (exact) mass is 250 g/mol. The van der Waals surface area contributed by atoms with E-state index in [9.17, 15) is 4.39 Å². The van der Waals surface area contributed by atoms with Crippen molar-refractivity contribution in [3.8, 4) is 22.3 Å². The lowest BCUT2D eigenvalue weighted by Gasteiger charge is -2.08. The smallest absolute Gasteiger partial charge is 0.138 e. The quantitative estimate of drug-likeness (QED) is 0.688. The van der Waals surface area contributed by atoms with E-state index in [1.165, 1.54) is 0 Å². The van der Waals surface area contributed by atoms with Crippen molar-refractivity contribution in [2.45, 2.75) is 0 Å². The van der Waals surface area contributed by atoms with Crippen molar-refractivity contribution in [2.75, 3.05) is 0 Å². The van der Waals surface area contributed by atoms with E-state index in [4.69, 9.17) is 0 Å². The summed E-state index contributed by atoms with van der Waals surface area (Å²) in [5.74, 6) is -0.235. The van der Waals surface area contributed by atoms with Gasteiger partial charge in [-0.05, 0) is 23.8 Å². The third-order valence-electron chi connectivity index (χ3n) is 2.96. The summed E-state index contributed by atoms with van der Waals surface area (Å²) in [7, 11) is 0. The normalized spacial score (nSPS) is 10.4. The molecule has 0 fully saturated rings. The molecule has 0 saturated carbocycles. The van der Waals surface area contributed by atoms with Crippen LogP contribution in [0.4, 0.5) is 4.39 Å². The summed E-state index contributed by atoms with van der Waals surface area (Å²) in [6.45, 7) is 0. The Kier molecular flexibility index (Phi) is 3.02. The van der Waals surface area contributed by atoms with E-state index in [1.807, 2.05) is 12.1 Å². The van der Waals surface area contributed by atoms with Crippen LogP contribution in [0.25, 0.3) is 22.3 Å². The number of pyridine rings is 2. The van der Waals surface area contributed by atoms with Gasteiger partial charge in [0.05, 0.1) is 0 Å². The first kappa shape index (κ1) is 11.5. The molecule has 92 valence electrons. The van der Waals surface area contributed by atoms with E-state index >= 15 is 0 Å². The number of nitrogens with zero attached hydrogens (tertiary/aromatic N) is 2. The van der Waals surface area contributed by atoms with E-state index < -0.39 is 0 Å². The third kappa shape index (κ3) is 2.22. The van der Waals surface area contributed by atoms with E-state index in [2.05, 4.69) is 9.97 Å². The standard InChI is InChI=1S/C16H11FN2/c17-16-14(12-6-9-18-10-7-12)4-1-5-15(16)13-3-2-8-19-11-13/h1-11H. The molecule has 2 heterocycles. The SMILES string of the molecule is Fc1c(-c2ccncc2)cccc1-c1cccnc1. The van der Waals surface area contributed by atoms with E-state index in [0.29, 0.717) is 11.1 Å². The molecule has 0 N–H and O–H groups in total. The molecular weight excluding hydrogens is 239 g/mol. The first-order valence-corrected chi connectivity index (χ1v) is 5.95. The lowest BCUT2D eigenvalue weighted by atomic mass is 9.99. The van der Waals surface area contributed by atoms with Crippen LogP contribution >= 0.6 is 0 Å². The molecule has 0 aliphatic carbocycles. The fraction of sp³-hybridized carbons (Fsp3) is 0. The van der Waals surface area contributed by atoms with Gasteiger partial charge in [0.2, 0.25) is 0 Å². The highest BCUT2D eigenvalue weighted by Gasteiger charge is 2.11. The molecule has 0 amide bonds. The Hall–Kier alpha value is -2.55. The van der Waals surface area contributed by atoms with Crippen LogP contribution in [0.3, 0.4) is 0 Å². The third-order valence-corrected chi connectivity index (χ3v) is 2.96. The molecule has 0 bridgehead atoms. The van der Waals surface area contributed by atoms with Gasteiger partial charge in [0.25, 0.3) is 0 Å². The fourth-order valence-electron chi connectivity index (χ4n) is 2.03. The Labute approximate surface area is 110 Å². The molecule has 0 spiro atoms. The van der Waals surface area contributed by atoms with Crippen molar-refractivity contribution in [1.29, 1.82) is 0 Å². The highest BCUT2D eigenvalue weighted by molar-refractivity contribution is 5.73. The van der Waals surface area contributed by atoms with Crippen molar-refractivity contribution in [3.63, 3.8) is 0 Å². The van der Waals surface area contributed by atoms with E-state index in [1.54, 1.807) is 55.1 Å². The molecule has 3 heteroatoms. The van der Waals surface area contributed by atoms with Crippen molar-refractivity contribution in [3.05, 3.63) is 73.1 Å². The number of aromatic nitrogens is 2. The highest BCUT2D eigenvalue weighted by atomic mass is 19.1.